The minimum absolute atomic E-state index is 0. The summed E-state index contributed by atoms with van der Waals surface area (Å²) in [6.45, 7) is 2.06. The van der Waals surface area contributed by atoms with Crippen LogP contribution in [0.1, 0.15) is 6.42 Å². The van der Waals surface area contributed by atoms with Crippen molar-refractivity contribution in [2.75, 3.05) is 25.0 Å². The number of rotatable bonds is 2. The molecule has 1 fully saturated rings. The lowest BCUT2D eigenvalue weighted by Crippen LogP contribution is -2.34. The molecule has 1 aromatic heterocycles. The summed E-state index contributed by atoms with van der Waals surface area (Å²) in [6, 6.07) is 2.17. The molecule has 0 bridgehead atoms. The molecule has 4 nitrogen and oxygen atoms in total. The summed E-state index contributed by atoms with van der Waals surface area (Å²) >= 11 is 5.80. The molecule has 0 amide bonds. The fraction of sp³-hybridized carbons (Fsp3) is 0.556. The topological polar surface area (TPSA) is 41.1 Å². The minimum atomic E-state index is 0. The Morgan fingerprint density at radius 2 is 2.40 bits per heavy atom. The van der Waals surface area contributed by atoms with E-state index in [1.807, 2.05) is 7.05 Å². The summed E-state index contributed by atoms with van der Waals surface area (Å²) in [5, 5.41) is 3.80. The standard InChI is InChI=1S/C9H13ClN4.ClH/c1-14(7-2-4-11-6-7)9-12-5-3-8(10)13-9;/h3,5,7,11H,2,4,6H2,1H3;1H/t7-;/m0./s1. The number of nitrogens with one attached hydrogen (secondary N) is 1. The quantitative estimate of drug-likeness (QED) is 0.803. The second-order valence-electron chi connectivity index (χ2n) is 3.44. The van der Waals surface area contributed by atoms with E-state index in [1.165, 1.54) is 0 Å². The van der Waals surface area contributed by atoms with Gasteiger partial charge in [0.2, 0.25) is 5.95 Å². The number of likely N-dealkylation sites (N-methyl/N-ethyl adjacent to an activating group) is 1. The highest BCUT2D eigenvalue weighted by Gasteiger charge is 2.20. The Bertz CT molecular complexity index is 315. The Labute approximate surface area is 100 Å². The van der Waals surface area contributed by atoms with Crippen molar-refractivity contribution in [2.24, 2.45) is 0 Å². The first-order chi connectivity index (χ1) is 6.77. The van der Waals surface area contributed by atoms with Gasteiger partial charge in [0.15, 0.2) is 0 Å². The molecule has 0 spiro atoms. The molecule has 2 rings (SSSR count). The van der Waals surface area contributed by atoms with Crippen molar-refractivity contribution >= 4 is 30.0 Å². The van der Waals surface area contributed by atoms with Crippen LogP contribution in [0.25, 0.3) is 0 Å². The van der Waals surface area contributed by atoms with Crippen LogP contribution < -0.4 is 10.2 Å². The third-order valence-electron chi connectivity index (χ3n) is 2.51. The molecule has 6 heteroatoms. The molecule has 1 aliphatic rings. The van der Waals surface area contributed by atoms with Gasteiger partial charge in [-0.1, -0.05) is 11.6 Å². The second-order valence-corrected chi connectivity index (χ2v) is 3.82. The molecular formula is C9H14Cl2N4. The van der Waals surface area contributed by atoms with Crippen LogP contribution in [0.4, 0.5) is 5.95 Å². The van der Waals surface area contributed by atoms with Crippen molar-refractivity contribution in [3.05, 3.63) is 17.4 Å². The number of nitrogens with zero attached hydrogens (tertiary/aromatic N) is 3. The van der Waals surface area contributed by atoms with Crippen molar-refractivity contribution < 1.29 is 0 Å². The van der Waals surface area contributed by atoms with E-state index in [1.54, 1.807) is 12.3 Å². The summed E-state index contributed by atoms with van der Waals surface area (Å²) in [5.74, 6) is 0.700. The van der Waals surface area contributed by atoms with Crippen LogP contribution in [0.2, 0.25) is 5.15 Å². The molecule has 0 aliphatic carbocycles. The van der Waals surface area contributed by atoms with Crippen molar-refractivity contribution in [2.45, 2.75) is 12.5 Å². The summed E-state index contributed by atoms with van der Waals surface area (Å²) in [5.41, 5.74) is 0. The predicted molar refractivity (Wildman–Crippen MR) is 64.0 cm³/mol. The van der Waals surface area contributed by atoms with Crippen LogP contribution in [-0.2, 0) is 0 Å². The van der Waals surface area contributed by atoms with Gasteiger partial charge in [-0.3, -0.25) is 0 Å². The first-order valence-electron chi connectivity index (χ1n) is 4.69. The van der Waals surface area contributed by atoms with E-state index in [9.17, 15) is 0 Å². The average molecular weight is 249 g/mol. The lowest BCUT2D eigenvalue weighted by Gasteiger charge is -2.23. The lowest BCUT2D eigenvalue weighted by molar-refractivity contribution is 0.668. The molecule has 84 valence electrons. The maximum absolute atomic E-state index is 5.80. The monoisotopic (exact) mass is 248 g/mol. The highest BCUT2D eigenvalue weighted by atomic mass is 35.5. The first kappa shape index (κ1) is 12.5. The number of anilines is 1. The van der Waals surface area contributed by atoms with Crippen LogP contribution in [0.3, 0.4) is 0 Å². The van der Waals surface area contributed by atoms with E-state index in [0.717, 1.165) is 19.5 Å². The van der Waals surface area contributed by atoms with E-state index in [4.69, 9.17) is 11.6 Å². The van der Waals surface area contributed by atoms with Crippen LogP contribution >= 0.6 is 24.0 Å². The van der Waals surface area contributed by atoms with Crippen LogP contribution in [-0.4, -0.2) is 36.1 Å². The Hall–Kier alpha value is -0.580. The summed E-state index contributed by atoms with van der Waals surface area (Å²) in [4.78, 5) is 10.4. The molecule has 1 aromatic rings. The number of halogens is 2. The van der Waals surface area contributed by atoms with Gasteiger partial charge >= 0.3 is 0 Å². The SMILES string of the molecule is CN(c1nccc(Cl)n1)[C@H]1CCNC1.Cl. The number of hydrogen-bond donors (Lipinski definition) is 1. The van der Waals surface area contributed by atoms with Crippen molar-refractivity contribution in [1.29, 1.82) is 0 Å². The smallest absolute Gasteiger partial charge is 0.226 e. The van der Waals surface area contributed by atoms with Gasteiger partial charge in [0, 0.05) is 25.8 Å². The molecule has 1 N–H and O–H groups in total. The van der Waals surface area contributed by atoms with Gasteiger partial charge in [0.1, 0.15) is 5.15 Å². The average Bonchev–Trinajstić information content (AvgIpc) is 2.69. The third kappa shape index (κ3) is 2.93. The maximum Gasteiger partial charge on any atom is 0.226 e. The van der Waals surface area contributed by atoms with Gasteiger partial charge in [0.05, 0.1) is 0 Å². The van der Waals surface area contributed by atoms with Gasteiger partial charge in [-0.25, -0.2) is 9.97 Å². The van der Waals surface area contributed by atoms with E-state index in [-0.39, 0.29) is 12.4 Å². The zero-order valence-corrected chi connectivity index (χ0v) is 10.1. The third-order valence-corrected chi connectivity index (χ3v) is 2.72. The van der Waals surface area contributed by atoms with Crippen LogP contribution in [0.5, 0.6) is 0 Å². The Morgan fingerprint density at radius 3 is 3.00 bits per heavy atom. The molecule has 0 unspecified atom stereocenters. The van der Waals surface area contributed by atoms with Gasteiger partial charge in [-0.2, -0.15) is 0 Å². The van der Waals surface area contributed by atoms with Gasteiger partial charge in [-0.15, -0.1) is 12.4 Å². The first-order valence-corrected chi connectivity index (χ1v) is 5.07. The Kier molecular flexibility index (Phi) is 4.57. The Balaban J connectivity index is 0.00000112. The molecular weight excluding hydrogens is 235 g/mol. The molecule has 1 aliphatic heterocycles. The second kappa shape index (κ2) is 5.49. The van der Waals surface area contributed by atoms with Crippen LogP contribution in [0, 0.1) is 0 Å². The number of hydrogen-bond acceptors (Lipinski definition) is 4. The van der Waals surface area contributed by atoms with E-state index >= 15 is 0 Å². The normalized spacial score (nSPS) is 19.7. The van der Waals surface area contributed by atoms with Gasteiger partial charge in [-0.05, 0) is 19.0 Å². The predicted octanol–water partition coefficient (Wildman–Crippen LogP) is 1.35. The van der Waals surface area contributed by atoms with Crippen molar-refractivity contribution in [3.8, 4) is 0 Å². The molecule has 0 radical (unpaired) electrons. The summed E-state index contributed by atoms with van der Waals surface area (Å²) in [6.07, 6.45) is 2.82. The van der Waals surface area contributed by atoms with E-state index in [0.29, 0.717) is 17.1 Å². The van der Waals surface area contributed by atoms with Gasteiger partial charge in [0.25, 0.3) is 0 Å². The largest absolute Gasteiger partial charge is 0.340 e. The summed E-state index contributed by atoms with van der Waals surface area (Å²) < 4.78 is 0. The molecule has 1 atom stereocenters. The fourth-order valence-electron chi connectivity index (χ4n) is 1.63. The molecule has 0 saturated carbocycles. The van der Waals surface area contributed by atoms with Crippen molar-refractivity contribution in [3.63, 3.8) is 0 Å². The van der Waals surface area contributed by atoms with Crippen LogP contribution in [0.15, 0.2) is 12.3 Å². The maximum atomic E-state index is 5.80. The van der Waals surface area contributed by atoms with Gasteiger partial charge < -0.3 is 10.2 Å². The minimum Gasteiger partial charge on any atom is -0.340 e. The number of aromatic nitrogens is 2. The summed E-state index contributed by atoms with van der Waals surface area (Å²) in [7, 11) is 2.00. The fourth-order valence-corrected chi connectivity index (χ4v) is 1.76. The zero-order chi connectivity index (χ0) is 9.97. The Morgan fingerprint density at radius 1 is 1.60 bits per heavy atom. The molecule has 2 heterocycles. The van der Waals surface area contributed by atoms with E-state index < -0.39 is 0 Å². The zero-order valence-electron chi connectivity index (χ0n) is 8.48. The highest BCUT2D eigenvalue weighted by Crippen LogP contribution is 2.15. The highest BCUT2D eigenvalue weighted by molar-refractivity contribution is 6.29. The molecule has 1 saturated heterocycles. The van der Waals surface area contributed by atoms with Crippen molar-refractivity contribution in [1.82, 2.24) is 15.3 Å². The van der Waals surface area contributed by atoms with E-state index in [2.05, 4.69) is 20.2 Å². The lowest BCUT2D eigenvalue weighted by atomic mass is 10.2. The molecule has 15 heavy (non-hydrogen) atoms. The molecule has 0 aromatic carbocycles.